The molecule has 4 heteroatoms. The summed E-state index contributed by atoms with van der Waals surface area (Å²) < 4.78 is 10.9. The molecule has 136 valence electrons. The van der Waals surface area contributed by atoms with Gasteiger partial charge in [-0.25, -0.2) is 4.79 Å². The first-order valence-electron chi connectivity index (χ1n) is 8.90. The fourth-order valence-corrected chi connectivity index (χ4v) is 3.22. The predicted octanol–water partition coefficient (Wildman–Crippen LogP) is 4.43. The number of esters is 2. The van der Waals surface area contributed by atoms with E-state index >= 15 is 0 Å². The molecule has 0 bridgehead atoms. The van der Waals surface area contributed by atoms with Gasteiger partial charge in [0.05, 0.1) is 5.92 Å². The van der Waals surface area contributed by atoms with Gasteiger partial charge in [0.15, 0.2) is 0 Å². The molecular weight excluding hydrogens is 316 g/mol. The Hall–Kier alpha value is -2.10. The van der Waals surface area contributed by atoms with E-state index in [4.69, 9.17) is 9.47 Å². The van der Waals surface area contributed by atoms with E-state index in [9.17, 15) is 9.59 Å². The zero-order valence-corrected chi connectivity index (χ0v) is 15.4. The molecule has 4 nitrogen and oxygen atoms in total. The first-order chi connectivity index (χ1) is 11.8. The monoisotopic (exact) mass is 344 g/mol. The van der Waals surface area contributed by atoms with Crippen LogP contribution in [0.3, 0.4) is 0 Å². The van der Waals surface area contributed by atoms with Crippen molar-refractivity contribution in [2.45, 2.75) is 58.7 Å². The second-order valence-corrected chi connectivity index (χ2v) is 7.64. The van der Waals surface area contributed by atoms with Gasteiger partial charge < -0.3 is 9.47 Å². The summed E-state index contributed by atoms with van der Waals surface area (Å²) in [6.07, 6.45) is 3.95. The molecule has 25 heavy (non-hydrogen) atoms. The molecule has 1 unspecified atom stereocenters. The fourth-order valence-electron chi connectivity index (χ4n) is 3.22. The largest absolute Gasteiger partial charge is 0.459 e. The molecule has 1 aliphatic rings. The lowest BCUT2D eigenvalue weighted by Gasteiger charge is -2.27. The molecule has 1 aromatic rings. The molecule has 1 aliphatic carbocycles. The van der Waals surface area contributed by atoms with Crippen LogP contribution in [0.2, 0.25) is 0 Å². The molecule has 1 saturated carbocycles. The minimum Gasteiger partial charge on any atom is -0.459 e. The van der Waals surface area contributed by atoms with E-state index in [1.165, 1.54) is 0 Å². The first-order valence-corrected chi connectivity index (χ1v) is 8.90. The van der Waals surface area contributed by atoms with Crippen LogP contribution in [-0.4, -0.2) is 17.5 Å². The number of carbonyl (C=O) groups is 2. The Labute approximate surface area is 150 Å². The molecule has 0 saturated heterocycles. The van der Waals surface area contributed by atoms with Gasteiger partial charge in [0.25, 0.3) is 0 Å². The highest BCUT2D eigenvalue weighted by molar-refractivity contribution is 5.95. The third-order valence-corrected chi connectivity index (χ3v) is 4.38. The zero-order valence-electron chi connectivity index (χ0n) is 15.4. The van der Waals surface area contributed by atoms with E-state index in [0.29, 0.717) is 0 Å². The maximum absolute atomic E-state index is 12.7. The lowest BCUT2D eigenvalue weighted by molar-refractivity contribution is -0.162. The van der Waals surface area contributed by atoms with Crippen molar-refractivity contribution in [1.82, 2.24) is 0 Å². The molecule has 1 atom stereocenters. The number of hydrogen-bond donors (Lipinski definition) is 0. The van der Waals surface area contributed by atoms with Gasteiger partial charge >= 0.3 is 11.9 Å². The van der Waals surface area contributed by atoms with Crippen molar-refractivity contribution in [3.8, 4) is 0 Å². The molecule has 0 heterocycles. The Morgan fingerprint density at radius 2 is 1.76 bits per heavy atom. The lowest BCUT2D eigenvalue weighted by Crippen LogP contribution is -2.34. The van der Waals surface area contributed by atoms with E-state index in [2.05, 4.69) is 6.58 Å². The number of rotatable bonds is 6. The Morgan fingerprint density at radius 3 is 2.32 bits per heavy atom. The minimum absolute atomic E-state index is 0.103. The summed E-state index contributed by atoms with van der Waals surface area (Å²) in [5.74, 6) is -1.41. The molecule has 1 fully saturated rings. The third kappa shape index (κ3) is 5.73. The molecule has 2 rings (SSSR count). The Bertz CT molecular complexity index is 607. The Morgan fingerprint density at radius 1 is 1.16 bits per heavy atom. The fraction of sp³-hybridized carbons (Fsp3) is 0.524. The van der Waals surface area contributed by atoms with Gasteiger partial charge in [-0.2, -0.15) is 0 Å². The van der Waals surface area contributed by atoms with E-state index in [1.807, 2.05) is 51.1 Å². The highest BCUT2D eigenvalue weighted by Crippen LogP contribution is 2.36. The van der Waals surface area contributed by atoms with E-state index < -0.39 is 17.5 Å². The molecule has 0 aromatic heterocycles. The average molecular weight is 344 g/mol. The van der Waals surface area contributed by atoms with Gasteiger partial charge in [-0.05, 0) is 45.1 Å². The number of hydrogen-bond acceptors (Lipinski definition) is 4. The van der Waals surface area contributed by atoms with Crippen molar-refractivity contribution in [1.29, 1.82) is 0 Å². The summed E-state index contributed by atoms with van der Waals surface area (Å²) in [6, 6.07) is 9.46. The number of ether oxygens (including phenoxy) is 2. The molecule has 0 amide bonds. The summed E-state index contributed by atoms with van der Waals surface area (Å²) in [7, 11) is 0. The lowest BCUT2D eigenvalue weighted by atomic mass is 9.85. The predicted molar refractivity (Wildman–Crippen MR) is 96.7 cm³/mol. The van der Waals surface area contributed by atoms with Gasteiger partial charge in [-0.15, -0.1) is 0 Å². The Balaban J connectivity index is 2.05. The molecule has 0 N–H and O–H groups in total. The highest BCUT2D eigenvalue weighted by atomic mass is 16.6. The second-order valence-electron chi connectivity index (χ2n) is 7.64. The molecule has 0 radical (unpaired) electrons. The maximum atomic E-state index is 12.7. The normalized spacial score (nSPS) is 16.3. The van der Waals surface area contributed by atoms with Crippen LogP contribution in [0.4, 0.5) is 0 Å². The van der Waals surface area contributed by atoms with Crippen molar-refractivity contribution in [3.05, 3.63) is 48.0 Å². The number of carbonyl (C=O) groups excluding carboxylic acids is 2. The quantitative estimate of drug-likeness (QED) is 0.566. The van der Waals surface area contributed by atoms with Crippen LogP contribution in [0.1, 0.15) is 52.0 Å². The summed E-state index contributed by atoms with van der Waals surface area (Å²) >= 11 is 0. The average Bonchev–Trinajstić information content (AvgIpc) is 3.06. The summed E-state index contributed by atoms with van der Waals surface area (Å²) in [6.45, 7) is 9.54. The van der Waals surface area contributed by atoms with Gasteiger partial charge in [-0.3, -0.25) is 4.79 Å². The van der Waals surface area contributed by atoms with Gasteiger partial charge in [0.2, 0.25) is 0 Å². The molecule has 0 aliphatic heterocycles. The van der Waals surface area contributed by atoms with Crippen molar-refractivity contribution in [2.24, 2.45) is 11.8 Å². The highest BCUT2D eigenvalue weighted by Gasteiger charge is 2.38. The van der Waals surface area contributed by atoms with Crippen molar-refractivity contribution >= 4 is 11.9 Å². The van der Waals surface area contributed by atoms with Crippen LogP contribution in [0, 0.1) is 11.8 Å². The summed E-state index contributed by atoms with van der Waals surface area (Å²) in [4.78, 5) is 25.1. The molecular formula is C21H28O4. The van der Waals surface area contributed by atoms with E-state index in [1.54, 1.807) is 0 Å². The van der Waals surface area contributed by atoms with Crippen molar-refractivity contribution < 1.29 is 19.1 Å². The van der Waals surface area contributed by atoms with Crippen molar-refractivity contribution in [3.63, 3.8) is 0 Å². The van der Waals surface area contributed by atoms with E-state index in [0.717, 1.165) is 31.2 Å². The van der Waals surface area contributed by atoms with Crippen molar-refractivity contribution in [2.75, 3.05) is 0 Å². The SMILES string of the molecule is C=C(C(=O)OCc1ccccc1)C(C(=O)OC(C)(C)C)C1CCCC1. The van der Waals surface area contributed by atoms with Gasteiger partial charge in [0, 0.05) is 5.57 Å². The third-order valence-electron chi connectivity index (χ3n) is 4.38. The van der Waals surface area contributed by atoms with Crippen LogP contribution < -0.4 is 0 Å². The van der Waals surface area contributed by atoms with E-state index in [-0.39, 0.29) is 24.1 Å². The zero-order chi connectivity index (χ0) is 18.4. The molecule has 0 spiro atoms. The second kappa shape index (κ2) is 8.32. The Kier molecular flexibility index (Phi) is 6.40. The van der Waals surface area contributed by atoms with Crippen LogP contribution >= 0.6 is 0 Å². The maximum Gasteiger partial charge on any atom is 0.334 e. The number of benzene rings is 1. The van der Waals surface area contributed by atoms with Crippen LogP contribution in [0.5, 0.6) is 0 Å². The molecule has 1 aromatic carbocycles. The van der Waals surface area contributed by atoms with Gasteiger partial charge in [-0.1, -0.05) is 49.8 Å². The minimum atomic E-state index is -0.620. The first kappa shape index (κ1) is 19.2. The van der Waals surface area contributed by atoms with Crippen LogP contribution in [0.15, 0.2) is 42.5 Å². The van der Waals surface area contributed by atoms with Crippen LogP contribution in [0.25, 0.3) is 0 Å². The topological polar surface area (TPSA) is 52.6 Å². The summed E-state index contributed by atoms with van der Waals surface area (Å²) in [5.41, 5.74) is 0.512. The van der Waals surface area contributed by atoms with Gasteiger partial charge in [0.1, 0.15) is 12.2 Å². The van der Waals surface area contributed by atoms with Crippen LogP contribution in [-0.2, 0) is 25.7 Å². The standard InChI is InChI=1S/C21H28O4/c1-15(19(22)24-14-16-10-6-5-7-11-16)18(17-12-8-9-13-17)20(23)25-21(2,3)4/h5-7,10-11,17-18H,1,8-9,12-14H2,2-4H3. The smallest absolute Gasteiger partial charge is 0.334 e. The summed E-state index contributed by atoms with van der Waals surface area (Å²) in [5, 5.41) is 0.